The summed E-state index contributed by atoms with van der Waals surface area (Å²) in [7, 11) is 0. The molecule has 2 saturated carbocycles. The SMILES string of the molecule is CCCNCC1(CCOC(C)(C)C)CC2CC2C1. The molecule has 0 aliphatic heterocycles. The Bertz CT molecular complexity index is 259. The maximum atomic E-state index is 5.94. The molecule has 0 amide bonds. The summed E-state index contributed by atoms with van der Waals surface area (Å²) in [5, 5.41) is 3.65. The summed E-state index contributed by atoms with van der Waals surface area (Å²) in [6.45, 7) is 12.0. The van der Waals surface area contributed by atoms with Crippen molar-refractivity contribution in [3.63, 3.8) is 0 Å². The minimum absolute atomic E-state index is 0.0135. The number of hydrogen-bond donors (Lipinski definition) is 1. The van der Waals surface area contributed by atoms with Gasteiger partial charge in [0.1, 0.15) is 0 Å². The van der Waals surface area contributed by atoms with Crippen molar-refractivity contribution in [2.75, 3.05) is 19.7 Å². The molecule has 2 unspecified atom stereocenters. The van der Waals surface area contributed by atoms with E-state index in [4.69, 9.17) is 4.74 Å². The second kappa shape index (κ2) is 5.50. The van der Waals surface area contributed by atoms with E-state index in [0.29, 0.717) is 5.41 Å². The van der Waals surface area contributed by atoms with Crippen molar-refractivity contribution >= 4 is 0 Å². The Morgan fingerprint density at radius 2 is 1.89 bits per heavy atom. The minimum atomic E-state index is 0.0135. The van der Waals surface area contributed by atoms with E-state index >= 15 is 0 Å². The van der Waals surface area contributed by atoms with Gasteiger partial charge in [-0.05, 0) is 76.7 Å². The van der Waals surface area contributed by atoms with Crippen LogP contribution in [-0.2, 0) is 4.74 Å². The van der Waals surface area contributed by atoms with E-state index in [-0.39, 0.29) is 5.60 Å². The fourth-order valence-corrected chi connectivity index (χ4v) is 3.55. The van der Waals surface area contributed by atoms with Crippen molar-refractivity contribution in [2.45, 2.75) is 65.4 Å². The van der Waals surface area contributed by atoms with Crippen molar-refractivity contribution in [3.8, 4) is 0 Å². The molecule has 0 bridgehead atoms. The van der Waals surface area contributed by atoms with Gasteiger partial charge in [0.15, 0.2) is 0 Å². The lowest BCUT2D eigenvalue weighted by Crippen LogP contribution is -2.35. The Morgan fingerprint density at radius 1 is 1.22 bits per heavy atom. The standard InChI is InChI=1S/C16H31NO/c1-5-7-17-12-16(6-8-18-15(2,3)4)10-13-9-14(13)11-16/h13-14,17H,5-12H2,1-4H3. The monoisotopic (exact) mass is 253 g/mol. The fraction of sp³-hybridized carbons (Fsp3) is 1.00. The molecule has 2 nitrogen and oxygen atoms in total. The summed E-state index contributed by atoms with van der Waals surface area (Å²) in [6, 6.07) is 0. The highest BCUT2D eigenvalue weighted by atomic mass is 16.5. The molecular formula is C16H31NO. The van der Waals surface area contributed by atoms with Crippen LogP contribution in [0.25, 0.3) is 0 Å². The first kappa shape index (κ1) is 14.3. The van der Waals surface area contributed by atoms with Crippen molar-refractivity contribution in [1.82, 2.24) is 5.32 Å². The number of hydrogen-bond acceptors (Lipinski definition) is 2. The molecule has 0 saturated heterocycles. The zero-order chi connectivity index (χ0) is 13.2. The lowest BCUT2D eigenvalue weighted by Gasteiger charge is -2.32. The maximum absolute atomic E-state index is 5.94. The second-order valence-corrected chi connectivity index (χ2v) is 7.55. The van der Waals surface area contributed by atoms with Gasteiger partial charge in [-0.25, -0.2) is 0 Å². The summed E-state index contributed by atoms with van der Waals surface area (Å²) in [5.74, 6) is 2.12. The summed E-state index contributed by atoms with van der Waals surface area (Å²) in [5.41, 5.74) is 0.563. The number of ether oxygens (including phenoxy) is 1. The lowest BCUT2D eigenvalue weighted by atomic mass is 9.80. The van der Waals surface area contributed by atoms with E-state index in [1.807, 2.05) is 0 Å². The molecule has 2 fully saturated rings. The lowest BCUT2D eigenvalue weighted by molar-refractivity contribution is -0.0196. The Labute approximate surface area is 113 Å². The summed E-state index contributed by atoms with van der Waals surface area (Å²) >= 11 is 0. The molecule has 0 aromatic carbocycles. The number of fused-ring (bicyclic) bond motifs is 1. The second-order valence-electron chi connectivity index (χ2n) is 7.55. The highest BCUT2D eigenvalue weighted by Crippen LogP contribution is 2.60. The van der Waals surface area contributed by atoms with Crippen LogP contribution in [0.2, 0.25) is 0 Å². The highest BCUT2D eigenvalue weighted by Gasteiger charge is 2.53. The van der Waals surface area contributed by atoms with Crippen molar-refractivity contribution in [2.24, 2.45) is 17.3 Å². The first-order chi connectivity index (χ1) is 8.44. The molecule has 0 aromatic heterocycles. The molecule has 0 heterocycles. The third-order valence-corrected chi connectivity index (χ3v) is 4.55. The van der Waals surface area contributed by atoms with Crippen LogP contribution in [0.1, 0.15) is 59.8 Å². The molecule has 0 spiro atoms. The third-order valence-electron chi connectivity index (χ3n) is 4.55. The van der Waals surface area contributed by atoms with Gasteiger partial charge in [0.2, 0.25) is 0 Å². The fourth-order valence-electron chi connectivity index (χ4n) is 3.55. The van der Waals surface area contributed by atoms with Gasteiger partial charge in [0.25, 0.3) is 0 Å². The largest absolute Gasteiger partial charge is 0.376 e. The molecule has 2 heteroatoms. The van der Waals surface area contributed by atoms with Crippen LogP contribution in [-0.4, -0.2) is 25.3 Å². The summed E-state index contributed by atoms with van der Waals surface area (Å²) in [6.07, 6.45) is 6.88. The van der Waals surface area contributed by atoms with Crippen LogP contribution >= 0.6 is 0 Å². The van der Waals surface area contributed by atoms with Crippen LogP contribution in [0.3, 0.4) is 0 Å². The van der Waals surface area contributed by atoms with Crippen LogP contribution in [0.4, 0.5) is 0 Å². The topological polar surface area (TPSA) is 21.3 Å². The quantitative estimate of drug-likeness (QED) is 0.700. The van der Waals surface area contributed by atoms with Gasteiger partial charge in [0, 0.05) is 13.2 Å². The predicted octanol–water partition coefficient (Wildman–Crippen LogP) is 3.61. The van der Waals surface area contributed by atoms with Crippen LogP contribution in [0.5, 0.6) is 0 Å². The molecule has 106 valence electrons. The van der Waals surface area contributed by atoms with Gasteiger partial charge in [-0.1, -0.05) is 6.92 Å². The van der Waals surface area contributed by atoms with Gasteiger partial charge in [-0.15, -0.1) is 0 Å². The smallest absolute Gasteiger partial charge is 0.0598 e. The molecular weight excluding hydrogens is 222 g/mol. The minimum Gasteiger partial charge on any atom is -0.376 e. The van der Waals surface area contributed by atoms with E-state index < -0.39 is 0 Å². The zero-order valence-corrected chi connectivity index (χ0v) is 12.7. The normalized spacial score (nSPS) is 34.7. The van der Waals surface area contributed by atoms with Crippen LogP contribution in [0.15, 0.2) is 0 Å². The van der Waals surface area contributed by atoms with Gasteiger partial charge in [-0.2, -0.15) is 0 Å². The van der Waals surface area contributed by atoms with Gasteiger partial charge >= 0.3 is 0 Å². The Morgan fingerprint density at radius 3 is 2.44 bits per heavy atom. The average molecular weight is 253 g/mol. The zero-order valence-electron chi connectivity index (χ0n) is 12.7. The third kappa shape index (κ3) is 3.96. The molecule has 2 aliphatic carbocycles. The maximum Gasteiger partial charge on any atom is 0.0598 e. The molecule has 2 aliphatic rings. The molecule has 1 N–H and O–H groups in total. The first-order valence-electron chi connectivity index (χ1n) is 7.79. The molecule has 0 radical (unpaired) electrons. The van der Waals surface area contributed by atoms with Crippen molar-refractivity contribution in [1.29, 1.82) is 0 Å². The Kier molecular flexibility index (Phi) is 4.38. The Balaban J connectivity index is 1.78. The van der Waals surface area contributed by atoms with E-state index in [0.717, 1.165) is 25.0 Å². The predicted molar refractivity (Wildman–Crippen MR) is 76.7 cm³/mol. The number of nitrogens with one attached hydrogen (secondary N) is 1. The Hall–Kier alpha value is -0.0800. The van der Waals surface area contributed by atoms with E-state index in [1.54, 1.807) is 0 Å². The van der Waals surface area contributed by atoms with Crippen LogP contribution in [0, 0.1) is 17.3 Å². The van der Waals surface area contributed by atoms with E-state index in [1.165, 1.54) is 38.6 Å². The van der Waals surface area contributed by atoms with Crippen molar-refractivity contribution < 1.29 is 4.74 Å². The molecule has 0 aromatic rings. The molecule has 18 heavy (non-hydrogen) atoms. The molecule has 2 rings (SSSR count). The number of rotatable bonds is 7. The van der Waals surface area contributed by atoms with Crippen LogP contribution < -0.4 is 5.32 Å². The average Bonchev–Trinajstić information content (AvgIpc) is 2.86. The first-order valence-corrected chi connectivity index (χ1v) is 7.79. The molecule has 2 atom stereocenters. The van der Waals surface area contributed by atoms with Gasteiger partial charge in [-0.3, -0.25) is 0 Å². The highest BCUT2D eigenvalue weighted by molar-refractivity contribution is 5.04. The van der Waals surface area contributed by atoms with Crippen molar-refractivity contribution in [3.05, 3.63) is 0 Å². The summed E-state index contributed by atoms with van der Waals surface area (Å²) in [4.78, 5) is 0. The van der Waals surface area contributed by atoms with E-state index in [9.17, 15) is 0 Å². The van der Waals surface area contributed by atoms with Gasteiger partial charge < -0.3 is 10.1 Å². The van der Waals surface area contributed by atoms with Gasteiger partial charge in [0.05, 0.1) is 5.60 Å². The summed E-state index contributed by atoms with van der Waals surface area (Å²) < 4.78 is 5.94. The van der Waals surface area contributed by atoms with E-state index in [2.05, 4.69) is 33.0 Å².